The molecule has 4 rings (SSSR count). The van der Waals surface area contributed by atoms with E-state index in [0.717, 1.165) is 31.5 Å². The number of aromatic hydroxyl groups is 2. The van der Waals surface area contributed by atoms with Crippen molar-refractivity contribution in [2.45, 2.75) is 30.7 Å². The van der Waals surface area contributed by atoms with Crippen LogP contribution in [0.5, 0.6) is 23.0 Å². The Morgan fingerprint density at radius 1 is 0.941 bits per heavy atom. The highest BCUT2D eigenvalue weighted by Crippen LogP contribution is 2.32. The van der Waals surface area contributed by atoms with Gasteiger partial charge >= 0.3 is 0 Å². The molecule has 1 aliphatic heterocycles. The predicted molar refractivity (Wildman–Crippen MR) is 131 cm³/mol. The number of hydrogen-bond donors (Lipinski definition) is 3. The lowest BCUT2D eigenvalue weighted by Crippen LogP contribution is -2.41. The average Bonchev–Trinajstić information content (AvgIpc) is 2.83. The molecule has 1 unspecified atom stereocenters. The summed E-state index contributed by atoms with van der Waals surface area (Å²) < 4.78 is 34.5. The molecule has 0 aliphatic carbocycles. The van der Waals surface area contributed by atoms with Gasteiger partial charge in [-0.2, -0.15) is 0 Å². The molecule has 7 nitrogen and oxygen atoms in total. The third-order valence-corrected chi connectivity index (χ3v) is 7.66. The largest absolute Gasteiger partial charge is 0.504 e. The summed E-state index contributed by atoms with van der Waals surface area (Å²) in [5, 5.41) is 19.7. The van der Waals surface area contributed by atoms with E-state index in [9.17, 15) is 18.6 Å². The minimum Gasteiger partial charge on any atom is -0.504 e. The van der Waals surface area contributed by atoms with Crippen molar-refractivity contribution in [2.75, 3.05) is 19.6 Å². The number of phenols is 2. The Balaban J connectivity index is 1.48. The van der Waals surface area contributed by atoms with E-state index in [0.29, 0.717) is 17.4 Å². The Morgan fingerprint density at radius 2 is 1.59 bits per heavy atom. The molecule has 0 bridgehead atoms. The number of nitrogens with zero attached hydrogens (tertiary/aromatic N) is 1. The third-order valence-electron chi connectivity index (χ3n) is 6.22. The summed E-state index contributed by atoms with van der Waals surface area (Å²) in [6.07, 6.45) is 2.05. The van der Waals surface area contributed by atoms with Gasteiger partial charge < -0.3 is 14.9 Å². The molecule has 8 heteroatoms. The molecule has 0 spiro atoms. The van der Waals surface area contributed by atoms with Crippen molar-refractivity contribution >= 4 is 10.0 Å². The van der Waals surface area contributed by atoms with Gasteiger partial charge in [0, 0.05) is 12.6 Å². The number of piperidine rings is 1. The van der Waals surface area contributed by atoms with Gasteiger partial charge in [-0.15, -0.1) is 0 Å². The molecule has 0 aromatic heterocycles. The maximum atomic E-state index is 13.0. The fourth-order valence-corrected chi connectivity index (χ4v) is 5.17. The minimum atomic E-state index is -3.76. The van der Waals surface area contributed by atoms with Gasteiger partial charge in [0.1, 0.15) is 11.5 Å². The SMILES string of the molecule is CC1CCN(C(CNS(=O)(=O)c2ccc(Oc3ccccc3)cc2)c2ccc(O)c(O)c2)CC1. The van der Waals surface area contributed by atoms with Gasteiger partial charge in [0.05, 0.1) is 4.90 Å². The van der Waals surface area contributed by atoms with E-state index in [2.05, 4.69) is 16.5 Å². The van der Waals surface area contributed by atoms with E-state index in [1.54, 1.807) is 18.2 Å². The quantitative estimate of drug-likeness (QED) is 0.405. The van der Waals surface area contributed by atoms with Crippen LogP contribution in [0.15, 0.2) is 77.7 Å². The lowest BCUT2D eigenvalue weighted by Gasteiger charge is -2.37. The Kier molecular flexibility index (Phi) is 7.41. The first-order valence-electron chi connectivity index (χ1n) is 11.4. The Labute approximate surface area is 200 Å². The van der Waals surface area contributed by atoms with Crippen LogP contribution in [0.4, 0.5) is 0 Å². The standard InChI is InChI=1S/C26H30N2O5S/c1-19-13-15-28(16-14-19)24(20-7-12-25(29)26(30)17-20)18-27-34(31,32)23-10-8-22(9-11-23)33-21-5-3-2-4-6-21/h2-12,17,19,24,27,29-30H,13-16,18H2,1H3. The predicted octanol–water partition coefficient (Wildman–Crippen LogP) is 4.64. The summed E-state index contributed by atoms with van der Waals surface area (Å²) in [6.45, 7) is 4.03. The van der Waals surface area contributed by atoms with E-state index in [4.69, 9.17) is 4.74 Å². The summed E-state index contributed by atoms with van der Waals surface area (Å²) in [4.78, 5) is 2.37. The molecular weight excluding hydrogens is 452 g/mol. The van der Waals surface area contributed by atoms with Crippen molar-refractivity contribution in [2.24, 2.45) is 5.92 Å². The number of ether oxygens (including phenoxy) is 1. The van der Waals surface area contributed by atoms with Crippen molar-refractivity contribution < 1.29 is 23.4 Å². The number of likely N-dealkylation sites (tertiary alicyclic amines) is 1. The average molecular weight is 483 g/mol. The number of nitrogens with one attached hydrogen (secondary N) is 1. The first-order chi connectivity index (χ1) is 16.3. The minimum absolute atomic E-state index is 0.142. The molecule has 0 radical (unpaired) electrons. The van der Waals surface area contributed by atoms with Gasteiger partial charge in [-0.1, -0.05) is 31.2 Å². The first-order valence-corrected chi connectivity index (χ1v) is 12.9. The number of para-hydroxylation sites is 1. The molecule has 1 fully saturated rings. The number of benzene rings is 3. The zero-order valence-corrected chi connectivity index (χ0v) is 19.9. The van der Waals surface area contributed by atoms with Crippen molar-refractivity contribution in [1.29, 1.82) is 0 Å². The highest BCUT2D eigenvalue weighted by Gasteiger charge is 2.27. The maximum absolute atomic E-state index is 13.0. The second kappa shape index (κ2) is 10.5. The van der Waals surface area contributed by atoms with Crippen LogP contribution in [0, 0.1) is 5.92 Å². The number of rotatable bonds is 8. The van der Waals surface area contributed by atoms with E-state index in [-0.39, 0.29) is 29.0 Å². The lowest BCUT2D eigenvalue weighted by molar-refractivity contribution is 0.139. The van der Waals surface area contributed by atoms with Gasteiger partial charge in [0.2, 0.25) is 10.0 Å². The van der Waals surface area contributed by atoms with E-state index in [1.807, 2.05) is 30.3 Å². The fraction of sp³-hybridized carbons (Fsp3) is 0.308. The van der Waals surface area contributed by atoms with Crippen molar-refractivity contribution in [1.82, 2.24) is 9.62 Å². The van der Waals surface area contributed by atoms with Gasteiger partial charge in [0.15, 0.2) is 11.5 Å². The van der Waals surface area contributed by atoms with Gasteiger partial charge in [-0.3, -0.25) is 4.90 Å². The zero-order chi connectivity index (χ0) is 24.1. The Morgan fingerprint density at radius 3 is 2.24 bits per heavy atom. The molecule has 3 aromatic rings. The van der Waals surface area contributed by atoms with Crippen LogP contribution >= 0.6 is 0 Å². The molecule has 1 saturated heterocycles. The van der Waals surface area contributed by atoms with Crippen molar-refractivity contribution in [3.63, 3.8) is 0 Å². The summed E-state index contributed by atoms with van der Waals surface area (Å²) in [5.74, 6) is 1.42. The number of hydrogen-bond acceptors (Lipinski definition) is 6. The van der Waals surface area contributed by atoms with Crippen LogP contribution in [0.2, 0.25) is 0 Å². The zero-order valence-electron chi connectivity index (χ0n) is 19.1. The van der Waals surface area contributed by atoms with Gasteiger partial charge in [0.25, 0.3) is 0 Å². The second-order valence-corrected chi connectivity index (χ2v) is 10.5. The van der Waals surface area contributed by atoms with Crippen LogP contribution in [0.1, 0.15) is 31.4 Å². The second-order valence-electron chi connectivity index (χ2n) is 8.72. The fourth-order valence-electron chi connectivity index (χ4n) is 4.13. The molecule has 3 N–H and O–H groups in total. The molecule has 34 heavy (non-hydrogen) atoms. The summed E-state index contributed by atoms with van der Waals surface area (Å²) in [5.41, 5.74) is 0.749. The molecule has 180 valence electrons. The van der Waals surface area contributed by atoms with Crippen molar-refractivity contribution in [3.05, 3.63) is 78.4 Å². The van der Waals surface area contributed by atoms with Gasteiger partial charge in [-0.25, -0.2) is 13.1 Å². The molecule has 0 saturated carbocycles. The van der Waals surface area contributed by atoms with Crippen LogP contribution < -0.4 is 9.46 Å². The molecule has 1 heterocycles. The molecule has 0 amide bonds. The smallest absolute Gasteiger partial charge is 0.240 e. The van der Waals surface area contributed by atoms with Crippen LogP contribution in [0.25, 0.3) is 0 Å². The molecular formula is C26H30N2O5S. The van der Waals surface area contributed by atoms with Gasteiger partial charge in [-0.05, 0) is 85.9 Å². The van der Waals surface area contributed by atoms with E-state index >= 15 is 0 Å². The highest BCUT2D eigenvalue weighted by molar-refractivity contribution is 7.89. The normalized spacial score (nSPS) is 16.3. The summed E-state index contributed by atoms with van der Waals surface area (Å²) in [6, 6.07) is 20.0. The highest BCUT2D eigenvalue weighted by atomic mass is 32.2. The number of phenolic OH excluding ortho intramolecular Hbond substituents is 2. The molecule has 1 atom stereocenters. The number of sulfonamides is 1. The maximum Gasteiger partial charge on any atom is 0.240 e. The molecule has 3 aromatic carbocycles. The lowest BCUT2D eigenvalue weighted by atomic mass is 9.95. The topological polar surface area (TPSA) is 99.1 Å². The van der Waals surface area contributed by atoms with Crippen LogP contribution in [0.3, 0.4) is 0 Å². The molecule has 1 aliphatic rings. The van der Waals surface area contributed by atoms with Crippen LogP contribution in [-0.2, 0) is 10.0 Å². The Hall–Kier alpha value is -3.07. The van der Waals surface area contributed by atoms with Crippen molar-refractivity contribution in [3.8, 4) is 23.0 Å². The monoisotopic (exact) mass is 482 g/mol. The first kappa shape index (κ1) is 24.1. The Bertz CT molecular complexity index is 1190. The van der Waals surface area contributed by atoms with E-state index < -0.39 is 10.0 Å². The van der Waals surface area contributed by atoms with E-state index in [1.165, 1.54) is 24.3 Å². The van der Waals surface area contributed by atoms with Crippen LogP contribution in [-0.4, -0.2) is 43.2 Å². The third kappa shape index (κ3) is 5.88. The summed E-state index contributed by atoms with van der Waals surface area (Å²) in [7, 11) is -3.76. The summed E-state index contributed by atoms with van der Waals surface area (Å²) >= 11 is 0.